The number of amides is 1. The number of carbonyl (C=O) groups is 1. The average Bonchev–Trinajstić information content (AvgIpc) is 3.85. The third kappa shape index (κ3) is 11.4. The summed E-state index contributed by atoms with van der Waals surface area (Å²) < 4.78 is 14.3. The number of methoxy groups -OCH3 is 2. The van der Waals surface area contributed by atoms with E-state index in [1.54, 1.807) is 18.9 Å². The highest BCUT2D eigenvalue weighted by Crippen LogP contribution is 2.31. The summed E-state index contributed by atoms with van der Waals surface area (Å²) in [5.74, 6) is 3.53. The number of aromatic nitrogens is 4. The zero-order valence-electron chi connectivity index (χ0n) is 32.7. The van der Waals surface area contributed by atoms with Gasteiger partial charge in [0.25, 0.3) is 0 Å². The monoisotopic (exact) mass is 776 g/mol. The Balaban J connectivity index is 1.07. The van der Waals surface area contributed by atoms with Gasteiger partial charge >= 0.3 is 0 Å². The molecule has 6 aromatic rings. The van der Waals surface area contributed by atoms with Crippen LogP contribution >= 0.6 is 23.5 Å². The van der Waals surface area contributed by atoms with E-state index in [1.807, 2.05) is 99.9 Å². The molecular formula is C44H52N6O3S2. The summed E-state index contributed by atoms with van der Waals surface area (Å²) in [7, 11) is 3.37. The SMILES string of the molecule is COc1ccc(CSC(C)(C)CNCCN(CC(C)(C)SCc2ccc(OC)cc2)C(=O)Cn2ccc(-c3ccc(-c4cn5ccccc5n4)cc3)n2)cc1. The van der Waals surface area contributed by atoms with Gasteiger partial charge in [0.15, 0.2) is 0 Å². The summed E-state index contributed by atoms with van der Waals surface area (Å²) in [6, 6.07) is 32.7. The molecule has 11 heteroatoms. The molecule has 1 amide bonds. The average molecular weight is 777 g/mol. The van der Waals surface area contributed by atoms with Gasteiger partial charge in [0, 0.05) is 76.9 Å². The Kier molecular flexibility index (Phi) is 13.3. The molecule has 0 radical (unpaired) electrons. The maximum absolute atomic E-state index is 14.0. The molecule has 0 saturated carbocycles. The molecule has 9 nitrogen and oxygen atoms in total. The number of pyridine rings is 1. The minimum atomic E-state index is -0.180. The zero-order chi connectivity index (χ0) is 38.8. The van der Waals surface area contributed by atoms with E-state index >= 15 is 0 Å². The van der Waals surface area contributed by atoms with E-state index in [-0.39, 0.29) is 21.9 Å². The molecule has 3 heterocycles. The highest BCUT2D eigenvalue weighted by molar-refractivity contribution is 8.00. The van der Waals surface area contributed by atoms with Crippen LogP contribution in [-0.2, 0) is 22.8 Å². The first-order valence-corrected chi connectivity index (χ1v) is 20.6. The van der Waals surface area contributed by atoms with Crippen molar-refractivity contribution in [3.05, 3.63) is 127 Å². The Morgan fingerprint density at radius 1 is 0.745 bits per heavy atom. The lowest BCUT2D eigenvalue weighted by Crippen LogP contribution is -2.46. The summed E-state index contributed by atoms with van der Waals surface area (Å²) in [6.07, 6.45) is 5.93. The number of rotatable bonds is 19. The van der Waals surface area contributed by atoms with Crippen molar-refractivity contribution in [1.29, 1.82) is 0 Å². The number of benzene rings is 3. The van der Waals surface area contributed by atoms with Crippen LogP contribution in [0.3, 0.4) is 0 Å². The van der Waals surface area contributed by atoms with Crippen LogP contribution in [0.1, 0.15) is 38.8 Å². The number of hydrogen-bond acceptors (Lipinski definition) is 8. The summed E-state index contributed by atoms with van der Waals surface area (Å²) in [6.45, 7) is 11.9. The molecule has 0 bridgehead atoms. The van der Waals surface area contributed by atoms with E-state index < -0.39 is 0 Å². The molecule has 0 aliphatic heterocycles. The Morgan fingerprint density at radius 3 is 1.95 bits per heavy atom. The Hall–Kier alpha value is -4.71. The van der Waals surface area contributed by atoms with E-state index in [1.165, 1.54) is 11.1 Å². The van der Waals surface area contributed by atoms with Gasteiger partial charge in [0.1, 0.15) is 23.7 Å². The second-order valence-electron chi connectivity index (χ2n) is 14.9. The molecule has 3 aromatic heterocycles. The standard InChI is InChI=1S/C44H52N6O3S2/c1-43(2,54-29-33-10-18-37(52-5)19-11-33)31-45-23-26-49(32-44(3,4)55-30-34-12-20-38(53-6)21-13-34)42(51)28-50-25-22-39(47-50)35-14-16-36(17-15-35)40-27-48-24-8-7-9-41(48)46-40/h7-22,24-25,27,45H,23,26,28-32H2,1-6H3. The smallest absolute Gasteiger partial charge is 0.244 e. The third-order valence-corrected chi connectivity index (χ3v) is 12.2. The lowest BCUT2D eigenvalue weighted by atomic mass is 10.1. The van der Waals surface area contributed by atoms with Gasteiger partial charge in [-0.1, -0.05) is 54.6 Å². The quantitative estimate of drug-likeness (QED) is 0.0819. The number of nitrogens with one attached hydrogen (secondary N) is 1. The minimum Gasteiger partial charge on any atom is -0.497 e. The van der Waals surface area contributed by atoms with Crippen LogP contribution < -0.4 is 14.8 Å². The van der Waals surface area contributed by atoms with Crippen LogP contribution in [0.2, 0.25) is 0 Å². The highest BCUT2D eigenvalue weighted by Gasteiger charge is 2.26. The van der Waals surface area contributed by atoms with Crippen molar-refractivity contribution in [2.24, 2.45) is 0 Å². The number of hydrogen-bond donors (Lipinski definition) is 1. The molecular weight excluding hydrogens is 725 g/mol. The molecule has 0 aliphatic carbocycles. The molecule has 6 rings (SSSR count). The van der Waals surface area contributed by atoms with Crippen LogP contribution in [0.25, 0.3) is 28.2 Å². The van der Waals surface area contributed by atoms with Crippen LogP contribution in [0.4, 0.5) is 0 Å². The van der Waals surface area contributed by atoms with Crippen molar-refractivity contribution >= 4 is 35.1 Å². The number of carbonyl (C=O) groups excluding carboxylic acids is 1. The van der Waals surface area contributed by atoms with Crippen molar-refractivity contribution in [2.75, 3.05) is 40.4 Å². The van der Waals surface area contributed by atoms with E-state index in [2.05, 4.69) is 81.5 Å². The normalized spacial score (nSPS) is 11.9. The third-order valence-electron chi connectivity index (χ3n) is 9.39. The van der Waals surface area contributed by atoms with E-state index in [0.717, 1.165) is 57.7 Å². The fraction of sp³-hybridized carbons (Fsp3) is 0.341. The second-order valence-corrected chi connectivity index (χ2v) is 18.2. The predicted molar refractivity (Wildman–Crippen MR) is 228 cm³/mol. The molecule has 0 unspecified atom stereocenters. The second kappa shape index (κ2) is 18.3. The first-order chi connectivity index (χ1) is 26.5. The van der Waals surface area contributed by atoms with Crippen LogP contribution in [0, 0.1) is 0 Å². The fourth-order valence-corrected chi connectivity index (χ4v) is 8.13. The summed E-state index contributed by atoms with van der Waals surface area (Å²) >= 11 is 3.77. The molecule has 0 saturated heterocycles. The zero-order valence-corrected chi connectivity index (χ0v) is 34.3. The van der Waals surface area contributed by atoms with Gasteiger partial charge in [-0.3, -0.25) is 9.48 Å². The van der Waals surface area contributed by atoms with Crippen LogP contribution in [0.5, 0.6) is 11.5 Å². The summed E-state index contributed by atoms with van der Waals surface area (Å²) in [5, 5.41) is 8.47. The largest absolute Gasteiger partial charge is 0.497 e. The van der Waals surface area contributed by atoms with E-state index in [9.17, 15) is 4.79 Å². The van der Waals surface area contributed by atoms with Crippen molar-refractivity contribution in [3.63, 3.8) is 0 Å². The molecule has 0 atom stereocenters. The van der Waals surface area contributed by atoms with Crippen molar-refractivity contribution in [1.82, 2.24) is 29.4 Å². The van der Waals surface area contributed by atoms with E-state index in [4.69, 9.17) is 19.6 Å². The van der Waals surface area contributed by atoms with Gasteiger partial charge < -0.3 is 24.1 Å². The molecule has 1 N–H and O–H groups in total. The minimum absolute atomic E-state index is 0.0126. The van der Waals surface area contributed by atoms with Gasteiger partial charge in [-0.15, -0.1) is 23.5 Å². The predicted octanol–water partition coefficient (Wildman–Crippen LogP) is 8.72. The number of thioether (sulfide) groups is 2. The number of fused-ring (bicyclic) bond motifs is 1. The molecule has 0 aliphatic rings. The maximum atomic E-state index is 14.0. The number of imidazole rings is 1. The Bertz CT molecular complexity index is 2090. The van der Waals surface area contributed by atoms with Gasteiger partial charge in [0.05, 0.1) is 25.6 Å². The molecule has 3 aromatic carbocycles. The van der Waals surface area contributed by atoms with Crippen LogP contribution in [-0.4, -0.2) is 79.9 Å². The molecule has 0 fully saturated rings. The van der Waals surface area contributed by atoms with Crippen molar-refractivity contribution in [3.8, 4) is 34.0 Å². The Labute approximate surface area is 333 Å². The molecule has 0 spiro atoms. The van der Waals surface area contributed by atoms with Gasteiger partial charge in [-0.05, 0) is 81.3 Å². The first-order valence-electron chi connectivity index (χ1n) is 18.6. The van der Waals surface area contributed by atoms with Crippen LogP contribution in [0.15, 0.2) is 116 Å². The molecule has 288 valence electrons. The topological polar surface area (TPSA) is 85.9 Å². The lowest BCUT2D eigenvalue weighted by Gasteiger charge is -2.33. The summed E-state index contributed by atoms with van der Waals surface area (Å²) in [5.41, 5.74) is 7.19. The van der Waals surface area contributed by atoms with Gasteiger partial charge in [-0.2, -0.15) is 5.10 Å². The lowest BCUT2D eigenvalue weighted by molar-refractivity contribution is -0.132. The van der Waals surface area contributed by atoms with Gasteiger partial charge in [-0.25, -0.2) is 4.98 Å². The first kappa shape index (κ1) is 40.0. The fourth-order valence-electron chi connectivity index (χ4n) is 6.18. The molecule has 55 heavy (non-hydrogen) atoms. The Morgan fingerprint density at radius 2 is 1.35 bits per heavy atom. The number of ether oxygens (including phenoxy) is 2. The van der Waals surface area contributed by atoms with Crippen molar-refractivity contribution < 1.29 is 14.3 Å². The maximum Gasteiger partial charge on any atom is 0.244 e. The summed E-state index contributed by atoms with van der Waals surface area (Å²) in [4.78, 5) is 20.8. The van der Waals surface area contributed by atoms with E-state index in [0.29, 0.717) is 19.6 Å². The highest BCUT2D eigenvalue weighted by atomic mass is 32.2. The number of nitrogens with zero attached hydrogens (tertiary/aromatic N) is 5. The van der Waals surface area contributed by atoms with Gasteiger partial charge in [0.2, 0.25) is 5.91 Å². The van der Waals surface area contributed by atoms with Crippen molar-refractivity contribution in [2.45, 2.75) is 55.2 Å².